The maximum absolute atomic E-state index is 2.24. The van der Waals surface area contributed by atoms with E-state index >= 15 is 0 Å². The van der Waals surface area contributed by atoms with E-state index in [-0.39, 0.29) is 0 Å². The molecule has 4 aromatic rings. The molecule has 0 aromatic carbocycles. The number of hydrogen-bond acceptors (Lipinski definition) is 0. The Morgan fingerprint density at radius 2 is 0.633 bits per heavy atom. The monoisotopic (exact) mass is 398 g/mol. The van der Waals surface area contributed by atoms with Gasteiger partial charge in [-0.1, -0.05) is 0 Å². The number of nitrogens with zero attached hydrogens (tertiary/aromatic N) is 4. The van der Waals surface area contributed by atoms with Crippen molar-refractivity contribution in [2.45, 2.75) is 40.0 Å². The van der Waals surface area contributed by atoms with E-state index in [1.54, 1.807) is 0 Å². The predicted molar refractivity (Wildman–Crippen MR) is 116 cm³/mol. The fraction of sp³-hybridized carbons (Fsp3) is 0.231. The van der Waals surface area contributed by atoms with Crippen LogP contribution in [0.4, 0.5) is 0 Å². The summed E-state index contributed by atoms with van der Waals surface area (Å²) in [4.78, 5) is 0. The molecular weight excluding hydrogens is 368 g/mol. The Morgan fingerprint density at radius 1 is 0.400 bits per heavy atom. The molecule has 0 aliphatic carbocycles. The third-order valence-corrected chi connectivity index (χ3v) is 5.58. The summed E-state index contributed by atoms with van der Waals surface area (Å²) < 4.78 is 8.82. The van der Waals surface area contributed by atoms with Gasteiger partial charge in [0.15, 0.2) is 49.6 Å². The Balaban J connectivity index is 1.37. The minimum atomic E-state index is 0.941. The Hall–Kier alpha value is -3.40. The molecule has 4 heteroatoms. The predicted octanol–water partition coefficient (Wildman–Crippen LogP) is 2.91. The van der Waals surface area contributed by atoms with Crippen LogP contribution in [0.2, 0.25) is 0 Å². The first-order valence-electron chi connectivity index (χ1n) is 10.7. The maximum atomic E-state index is 2.24. The normalized spacial score (nSPS) is 10.9. The van der Waals surface area contributed by atoms with Gasteiger partial charge in [-0.05, 0) is 36.1 Å². The highest BCUT2D eigenvalue weighted by Gasteiger charge is 2.09. The molecule has 0 fully saturated rings. The van der Waals surface area contributed by atoms with Gasteiger partial charge in [-0.15, -0.1) is 0 Å². The smallest absolute Gasteiger partial charge is 0.205 e. The quantitative estimate of drug-likeness (QED) is 0.426. The second kappa shape index (κ2) is 9.40. The van der Waals surface area contributed by atoms with Gasteiger partial charge in [-0.2, -0.15) is 9.13 Å². The summed E-state index contributed by atoms with van der Waals surface area (Å²) in [6.45, 7) is 8.18. The topological polar surface area (TPSA) is 15.5 Å². The molecule has 0 aliphatic rings. The van der Waals surface area contributed by atoms with E-state index in [1.807, 2.05) is 0 Å². The zero-order valence-electron chi connectivity index (χ0n) is 17.9. The first-order chi connectivity index (χ1) is 14.7. The number of pyridine rings is 4. The second-order valence-electron chi connectivity index (χ2n) is 7.48. The zero-order chi connectivity index (χ0) is 20.8. The molecule has 0 radical (unpaired) electrons. The summed E-state index contributed by atoms with van der Waals surface area (Å²) in [5.74, 6) is 0. The molecule has 0 N–H and O–H groups in total. The molecule has 4 nitrogen and oxygen atoms in total. The van der Waals surface area contributed by atoms with Gasteiger partial charge in [0.05, 0.1) is 0 Å². The molecule has 4 rings (SSSR count). The maximum Gasteiger partial charge on any atom is 0.206 e. The van der Waals surface area contributed by atoms with E-state index in [9.17, 15) is 0 Å². The molecule has 0 spiro atoms. The van der Waals surface area contributed by atoms with Crippen molar-refractivity contribution in [3.05, 3.63) is 98.1 Å². The lowest BCUT2D eigenvalue weighted by Gasteiger charge is -2.02. The third-order valence-electron chi connectivity index (χ3n) is 5.58. The van der Waals surface area contributed by atoms with Crippen LogP contribution in [0.3, 0.4) is 0 Å². The first-order valence-corrected chi connectivity index (χ1v) is 10.7. The third kappa shape index (κ3) is 4.77. The van der Waals surface area contributed by atoms with Crippen molar-refractivity contribution in [3.8, 4) is 22.3 Å². The summed E-state index contributed by atoms with van der Waals surface area (Å²) in [5, 5.41) is 0. The number of aryl methyl sites for hydroxylation is 4. The molecule has 0 saturated carbocycles. The Morgan fingerprint density at radius 3 is 0.867 bits per heavy atom. The van der Waals surface area contributed by atoms with Crippen molar-refractivity contribution in [1.29, 1.82) is 0 Å². The van der Waals surface area contributed by atoms with Gasteiger partial charge >= 0.3 is 0 Å². The molecule has 4 heterocycles. The highest BCUT2D eigenvalue weighted by Crippen LogP contribution is 2.16. The average molecular weight is 399 g/mol. The van der Waals surface area contributed by atoms with Crippen molar-refractivity contribution >= 4 is 0 Å². The summed E-state index contributed by atoms with van der Waals surface area (Å²) in [7, 11) is 0. The van der Waals surface area contributed by atoms with Crippen molar-refractivity contribution in [2.75, 3.05) is 0 Å². The van der Waals surface area contributed by atoms with Crippen LogP contribution >= 0.6 is 0 Å². The van der Waals surface area contributed by atoms with Crippen LogP contribution in [0.1, 0.15) is 13.8 Å². The zero-order valence-corrected chi connectivity index (χ0v) is 17.9. The minimum absolute atomic E-state index is 0.941. The standard InChI is InChI=1S/C26H30N4/c1-3-27-13-5-23(6-14-27)25-9-17-29(18-10-25)21-22-30-19-11-26(12-20-30)24-7-15-28(4-2)16-8-24/h5-20H,3-4,21-22H2,1-2H3/q+4. The van der Waals surface area contributed by atoms with Crippen molar-refractivity contribution in [1.82, 2.24) is 0 Å². The highest BCUT2D eigenvalue weighted by atomic mass is 15.0. The molecule has 0 saturated heterocycles. The van der Waals surface area contributed by atoms with Crippen molar-refractivity contribution < 1.29 is 18.3 Å². The Kier molecular flexibility index (Phi) is 6.23. The van der Waals surface area contributed by atoms with E-state index in [1.165, 1.54) is 22.3 Å². The van der Waals surface area contributed by atoms with Gasteiger partial charge in [0.2, 0.25) is 13.1 Å². The molecule has 0 amide bonds. The molecule has 4 aromatic heterocycles. The molecule has 0 aliphatic heterocycles. The summed E-state index contributed by atoms with van der Waals surface area (Å²) in [6.07, 6.45) is 17.2. The SMILES string of the molecule is CC[n+]1ccc(-c2cc[n+](CC[n+]3ccc(-c4cc[n+](CC)cc4)cc3)cc2)cc1. The number of hydrogen-bond donors (Lipinski definition) is 0. The van der Waals surface area contributed by atoms with Gasteiger partial charge < -0.3 is 0 Å². The number of rotatable bonds is 7. The molecule has 30 heavy (non-hydrogen) atoms. The van der Waals surface area contributed by atoms with Crippen LogP contribution in [-0.2, 0) is 26.2 Å². The number of aromatic nitrogens is 4. The molecular formula is C26H30N4+4. The summed E-state index contributed by atoms with van der Waals surface area (Å²) in [5.41, 5.74) is 5.00. The van der Waals surface area contributed by atoms with Gasteiger partial charge in [0.1, 0.15) is 13.1 Å². The van der Waals surface area contributed by atoms with Gasteiger partial charge in [-0.25, -0.2) is 9.13 Å². The van der Waals surface area contributed by atoms with Crippen LogP contribution in [0.25, 0.3) is 22.3 Å². The van der Waals surface area contributed by atoms with E-state index < -0.39 is 0 Å². The molecule has 0 bridgehead atoms. The fourth-order valence-electron chi connectivity index (χ4n) is 3.55. The lowest BCUT2D eigenvalue weighted by atomic mass is 10.1. The highest BCUT2D eigenvalue weighted by molar-refractivity contribution is 5.61. The second-order valence-corrected chi connectivity index (χ2v) is 7.48. The van der Waals surface area contributed by atoms with E-state index in [4.69, 9.17) is 0 Å². The summed E-state index contributed by atoms with van der Waals surface area (Å²) in [6, 6.07) is 17.5. The van der Waals surface area contributed by atoms with E-state index in [2.05, 4.69) is 130 Å². The summed E-state index contributed by atoms with van der Waals surface area (Å²) >= 11 is 0. The molecule has 0 unspecified atom stereocenters. The van der Waals surface area contributed by atoms with Gasteiger partial charge in [0.25, 0.3) is 0 Å². The van der Waals surface area contributed by atoms with Crippen LogP contribution < -0.4 is 18.3 Å². The lowest BCUT2D eigenvalue weighted by Crippen LogP contribution is -2.43. The minimum Gasteiger partial charge on any atom is -0.205 e. The Labute approximate surface area is 179 Å². The molecule has 150 valence electrons. The largest absolute Gasteiger partial charge is 0.206 e. The van der Waals surface area contributed by atoms with Gasteiger partial charge in [0, 0.05) is 48.5 Å². The van der Waals surface area contributed by atoms with Crippen molar-refractivity contribution in [3.63, 3.8) is 0 Å². The molecule has 0 atom stereocenters. The fourth-order valence-corrected chi connectivity index (χ4v) is 3.55. The average Bonchev–Trinajstić information content (AvgIpc) is 2.83. The lowest BCUT2D eigenvalue weighted by molar-refractivity contribution is -0.778. The van der Waals surface area contributed by atoms with Crippen LogP contribution in [-0.4, -0.2) is 0 Å². The Bertz CT molecular complexity index is 977. The van der Waals surface area contributed by atoms with Crippen LogP contribution in [0.5, 0.6) is 0 Å². The van der Waals surface area contributed by atoms with E-state index in [0.29, 0.717) is 0 Å². The van der Waals surface area contributed by atoms with E-state index in [0.717, 1.165) is 26.2 Å². The first kappa shape index (κ1) is 19.9. The van der Waals surface area contributed by atoms with Crippen molar-refractivity contribution in [2.24, 2.45) is 0 Å². The van der Waals surface area contributed by atoms with Gasteiger partial charge in [-0.3, -0.25) is 0 Å². The van der Waals surface area contributed by atoms with Crippen LogP contribution in [0, 0.1) is 0 Å². The van der Waals surface area contributed by atoms with Crippen LogP contribution in [0.15, 0.2) is 98.1 Å².